The number of hydrogen-bond acceptors (Lipinski definition) is 4. The number of carbonyl (C=O) groups is 2. The molecule has 2 heterocycles. The number of methoxy groups -OCH3 is 2. The zero-order chi connectivity index (χ0) is 17.8. The van der Waals surface area contributed by atoms with Gasteiger partial charge < -0.3 is 19.3 Å². The van der Waals surface area contributed by atoms with Gasteiger partial charge in [0.2, 0.25) is 11.8 Å². The molecule has 0 spiro atoms. The van der Waals surface area contributed by atoms with E-state index in [0.29, 0.717) is 18.0 Å². The highest BCUT2D eigenvalue weighted by Crippen LogP contribution is 2.34. The predicted octanol–water partition coefficient (Wildman–Crippen LogP) is 2.46. The predicted molar refractivity (Wildman–Crippen MR) is 95.1 cm³/mol. The number of carbonyl (C=O) groups excluding carboxylic acids is 2. The third-order valence-corrected chi connectivity index (χ3v) is 5.07. The molecule has 136 valence electrons. The molecule has 2 amide bonds. The molecule has 3 rings (SSSR count). The summed E-state index contributed by atoms with van der Waals surface area (Å²) in [7, 11) is 3.15. The van der Waals surface area contributed by atoms with Crippen molar-refractivity contribution in [1.82, 2.24) is 4.90 Å². The summed E-state index contributed by atoms with van der Waals surface area (Å²) in [5, 5.41) is 0. The van der Waals surface area contributed by atoms with Gasteiger partial charge in [-0.2, -0.15) is 0 Å². The fraction of sp³-hybridized carbons (Fsp3) is 0.579. The first kappa shape index (κ1) is 17.6. The van der Waals surface area contributed by atoms with Gasteiger partial charge in [-0.05, 0) is 25.0 Å². The van der Waals surface area contributed by atoms with Gasteiger partial charge in [0.05, 0.1) is 20.1 Å². The molecule has 0 bridgehead atoms. The summed E-state index contributed by atoms with van der Waals surface area (Å²) >= 11 is 0. The Balaban J connectivity index is 1.72. The zero-order valence-electron chi connectivity index (χ0n) is 15.0. The molecule has 1 unspecified atom stereocenters. The Bertz CT molecular complexity index is 638. The number of likely N-dealkylation sites (tertiary alicyclic amines) is 1. The zero-order valence-corrected chi connectivity index (χ0v) is 15.0. The number of anilines is 1. The van der Waals surface area contributed by atoms with Crippen molar-refractivity contribution in [2.24, 2.45) is 5.92 Å². The van der Waals surface area contributed by atoms with Gasteiger partial charge in [-0.25, -0.2) is 0 Å². The highest BCUT2D eigenvalue weighted by atomic mass is 16.5. The van der Waals surface area contributed by atoms with Crippen LogP contribution in [0, 0.1) is 5.92 Å². The molecular weight excluding hydrogens is 320 g/mol. The number of hydrogen-bond donors (Lipinski definition) is 0. The Kier molecular flexibility index (Phi) is 5.46. The minimum atomic E-state index is -0.251. The summed E-state index contributed by atoms with van der Waals surface area (Å²) in [5.74, 6) is 1.06. The third-order valence-electron chi connectivity index (χ3n) is 5.07. The summed E-state index contributed by atoms with van der Waals surface area (Å²) < 4.78 is 10.6. The third kappa shape index (κ3) is 3.72. The first-order valence-electron chi connectivity index (χ1n) is 8.95. The Morgan fingerprint density at radius 3 is 2.36 bits per heavy atom. The lowest BCUT2D eigenvalue weighted by Crippen LogP contribution is -2.38. The number of benzene rings is 1. The van der Waals surface area contributed by atoms with Gasteiger partial charge in [-0.1, -0.05) is 12.8 Å². The second kappa shape index (κ2) is 7.76. The average Bonchev–Trinajstić information content (AvgIpc) is 2.85. The smallest absolute Gasteiger partial charge is 0.228 e. The summed E-state index contributed by atoms with van der Waals surface area (Å²) in [5.41, 5.74) is 0.744. The van der Waals surface area contributed by atoms with Crippen LogP contribution in [0.4, 0.5) is 5.69 Å². The van der Waals surface area contributed by atoms with E-state index in [-0.39, 0.29) is 24.2 Å². The Morgan fingerprint density at radius 2 is 1.72 bits per heavy atom. The SMILES string of the molecule is COc1ccc(N2CC(C(=O)N3CCCCCC3)CC2=O)cc1OC. The lowest BCUT2D eigenvalue weighted by Gasteiger charge is -2.24. The summed E-state index contributed by atoms with van der Waals surface area (Å²) in [6, 6.07) is 5.40. The van der Waals surface area contributed by atoms with E-state index in [4.69, 9.17) is 9.47 Å². The maximum atomic E-state index is 12.8. The van der Waals surface area contributed by atoms with Crippen molar-refractivity contribution in [2.75, 3.05) is 38.8 Å². The van der Waals surface area contributed by atoms with E-state index in [1.54, 1.807) is 31.3 Å². The fourth-order valence-electron chi connectivity index (χ4n) is 3.66. The maximum absolute atomic E-state index is 12.8. The molecule has 2 fully saturated rings. The van der Waals surface area contributed by atoms with Crippen molar-refractivity contribution < 1.29 is 19.1 Å². The summed E-state index contributed by atoms with van der Waals surface area (Å²) in [6.45, 7) is 2.07. The van der Waals surface area contributed by atoms with Crippen molar-refractivity contribution >= 4 is 17.5 Å². The van der Waals surface area contributed by atoms with E-state index in [1.807, 2.05) is 11.0 Å². The number of amides is 2. The van der Waals surface area contributed by atoms with Crippen LogP contribution in [0.15, 0.2) is 18.2 Å². The van der Waals surface area contributed by atoms with Gasteiger partial charge in [-0.3, -0.25) is 9.59 Å². The van der Waals surface area contributed by atoms with Crippen molar-refractivity contribution in [2.45, 2.75) is 32.1 Å². The second-order valence-electron chi connectivity index (χ2n) is 6.68. The van der Waals surface area contributed by atoms with Crippen molar-refractivity contribution in [3.05, 3.63) is 18.2 Å². The van der Waals surface area contributed by atoms with E-state index in [9.17, 15) is 9.59 Å². The van der Waals surface area contributed by atoms with Crippen LogP contribution < -0.4 is 14.4 Å². The van der Waals surface area contributed by atoms with Gasteiger partial charge >= 0.3 is 0 Å². The Labute approximate surface area is 148 Å². The van der Waals surface area contributed by atoms with Crippen LogP contribution in [0.5, 0.6) is 11.5 Å². The topological polar surface area (TPSA) is 59.1 Å². The van der Waals surface area contributed by atoms with E-state index in [0.717, 1.165) is 31.6 Å². The maximum Gasteiger partial charge on any atom is 0.228 e. The number of rotatable bonds is 4. The molecule has 0 saturated carbocycles. The van der Waals surface area contributed by atoms with E-state index >= 15 is 0 Å². The highest BCUT2D eigenvalue weighted by molar-refractivity contribution is 6.00. The minimum absolute atomic E-state index is 0.0135. The van der Waals surface area contributed by atoms with Crippen molar-refractivity contribution in [3.8, 4) is 11.5 Å². The first-order valence-corrected chi connectivity index (χ1v) is 8.95. The molecular formula is C19H26N2O4. The van der Waals surface area contributed by atoms with Crippen LogP contribution in [0.2, 0.25) is 0 Å². The molecule has 2 aliphatic rings. The van der Waals surface area contributed by atoms with Crippen LogP contribution >= 0.6 is 0 Å². The molecule has 0 N–H and O–H groups in total. The lowest BCUT2D eigenvalue weighted by atomic mass is 10.1. The summed E-state index contributed by atoms with van der Waals surface area (Å²) in [6.07, 6.45) is 4.78. The Morgan fingerprint density at radius 1 is 1.04 bits per heavy atom. The molecule has 6 nitrogen and oxygen atoms in total. The normalized spacial score (nSPS) is 21.2. The highest BCUT2D eigenvalue weighted by Gasteiger charge is 2.37. The number of ether oxygens (including phenoxy) is 2. The van der Waals surface area contributed by atoms with Crippen LogP contribution in [0.3, 0.4) is 0 Å². The van der Waals surface area contributed by atoms with E-state index in [2.05, 4.69) is 0 Å². The van der Waals surface area contributed by atoms with Gasteiger partial charge in [0.25, 0.3) is 0 Å². The first-order chi connectivity index (χ1) is 12.1. The molecule has 2 aliphatic heterocycles. The van der Waals surface area contributed by atoms with Crippen LogP contribution in [-0.2, 0) is 9.59 Å². The van der Waals surface area contributed by atoms with Gasteiger partial charge in [0, 0.05) is 37.8 Å². The molecule has 6 heteroatoms. The van der Waals surface area contributed by atoms with Crippen LogP contribution in [0.1, 0.15) is 32.1 Å². The minimum Gasteiger partial charge on any atom is -0.493 e. The molecule has 0 aliphatic carbocycles. The largest absolute Gasteiger partial charge is 0.493 e. The molecule has 0 aromatic heterocycles. The Hall–Kier alpha value is -2.24. The van der Waals surface area contributed by atoms with Gasteiger partial charge in [-0.15, -0.1) is 0 Å². The summed E-state index contributed by atoms with van der Waals surface area (Å²) in [4.78, 5) is 28.9. The van der Waals surface area contributed by atoms with Crippen LogP contribution in [-0.4, -0.2) is 50.6 Å². The second-order valence-corrected chi connectivity index (χ2v) is 6.68. The van der Waals surface area contributed by atoms with Gasteiger partial charge in [0.1, 0.15) is 0 Å². The van der Waals surface area contributed by atoms with E-state index < -0.39 is 0 Å². The number of nitrogens with zero attached hydrogens (tertiary/aromatic N) is 2. The van der Waals surface area contributed by atoms with Gasteiger partial charge in [0.15, 0.2) is 11.5 Å². The molecule has 1 aromatic rings. The standard InChI is InChI=1S/C19H26N2O4/c1-24-16-8-7-15(12-17(16)25-2)21-13-14(11-18(21)22)19(23)20-9-5-3-4-6-10-20/h7-8,12,14H,3-6,9-11,13H2,1-2H3. The molecule has 0 radical (unpaired) electrons. The van der Waals surface area contributed by atoms with Crippen molar-refractivity contribution in [1.29, 1.82) is 0 Å². The van der Waals surface area contributed by atoms with Crippen molar-refractivity contribution in [3.63, 3.8) is 0 Å². The lowest BCUT2D eigenvalue weighted by molar-refractivity contribution is -0.135. The molecule has 1 aromatic carbocycles. The quantitative estimate of drug-likeness (QED) is 0.840. The molecule has 25 heavy (non-hydrogen) atoms. The molecule has 1 atom stereocenters. The monoisotopic (exact) mass is 346 g/mol. The average molecular weight is 346 g/mol. The molecule has 2 saturated heterocycles. The van der Waals surface area contributed by atoms with Crippen LogP contribution in [0.25, 0.3) is 0 Å². The fourth-order valence-corrected chi connectivity index (χ4v) is 3.66. The van der Waals surface area contributed by atoms with E-state index in [1.165, 1.54) is 12.8 Å².